The van der Waals surface area contributed by atoms with E-state index in [1.807, 2.05) is 0 Å². The zero-order chi connectivity index (χ0) is 7.56. The zero-order valence-corrected chi connectivity index (χ0v) is 5.62. The Balaban J connectivity index is 2.39. The van der Waals surface area contributed by atoms with Crippen molar-refractivity contribution in [1.82, 2.24) is 0 Å². The van der Waals surface area contributed by atoms with Gasteiger partial charge in [0.05, 0.1) is 6.10 Å². The maximum absolute atomic E-state index is 10.4. The molecule has 0 aromatic carbocycles. The highest BCUT2D eigenvalue weighted by molar-refractivity contribution is 5.79. The first-order chi connectivity index (χ1) is 4.72. The van der Waals surface area contributed by atoms with Gasteiger partial charge in [0, 0.05) is 6.61 Å². The Morgan fingerprint density at radius 1 is 1.80 bits per heavy atom. The van der Waals surface area contributed by atoms with Gasteiger partial charge in [-0.2, -0.15) is 0 Å². The summed E-state index contributed by atoms with van der Waals surface area (Å²) in [6.07, 6.45) is 0.138. The van der Waals surface area contributed by atoms with Crippen LogP contribution in [0, 0.1) is 0 Å². The van der Waals surface area contributed by atoms with E-state index in [4.69, 9.17) is 15.6 Å². The highest BCUT2D eigenvalue weighted by Gasteiger charge is 2.27. The molecule has 1 amide bonds. The largest absolute Gasteiger partial charge is 0.381 e. The first kappa shape index (κ1) is 7.50. The number of aliphatic hydroxyl groups excluding tert-OH is 1. The predicted octanol–water partition coefficient (Wildman–Crippen LogP) is -0.988. The van der Waals surface area contributed by atoms with Gasteiger partial charge in [-0.15, -0.1) is 0 Å². The predicted molar refractivity (Wildman–Crippen MR) is 34.2 cm³/mol. The molecule has 1 aliphatic rings. The third-order valence-electron chi connectivity index (χ3n) is 1.61. The molecule has 58 valence electrons. The van der Waals surface area contributed by atoms with Crippen molar-refractivity contribution < 1.29 is 14.6 Å². The van der Waals surface area contributed by atoms with Gasteiger partial charge in [-0.25, -0.2) is 0 Å². The van der Waals surface area contributed by atoms with Crippen LogP contribution in [0.25, 0.3) is 0 Å². The molecule has 0 aromatic rings. The normalized spacial score (nSPS) is 28.3. The van der Waals surface area contributed by atoms with Crippen molar-refractivity contribution in [1.29, 1.82) is 0 Å². The molecular weight excluding hydrogens is 134 g/mol. The Hall–Kier alpha value is -0.610. The van der Waals surface area contributed by atoms with Crippen molar-refractivity contribution in [3.63, 3.8) is 0 Å². The summed E-state index contributed by atoms with van der Waals surface area (Å²) in [6, 6.07) is 0. The van der Waals surface area contributed by atoms with Crippen LogP contribution in [0.15, 0.2) is 0 Å². The number of amides is 1. The summed E-state index contributed by atoms with van der Waals surface area (Å²) in [5, 5.41) is 9.03. The number of hydrogen-bond acceptors (Lipinski definition) is 3. The van der Waals surface area contributed by atoms with Crippen LogP contribution in [0.5, 0.6) is 0 Å². The van der Waals surface area contributed by atoms with Crippen LogP contribution in [0.2, 0.25) is 0 Å². The van der Waals surface area contributed by atoms with Crippen molar-refractivity contribution >= 4 is 5.91 Å². The Morgan fingerprint density at radius 2 is 2.50 bits per heavy atom. The Morgan fingerprint density at radius 3 is 2.90 bits per heavy atom. The van der Waals surface area contributed by atoms with E-state index in [9.17, 15) is 4.79 Å². The third kappa shape index (κ3) is 1.46. The second-order valence-corrected chi connectivity index (χ2v) is 2.40. The van der Waals surface area contributed by atoms with Crippen LogP contribution in [0.4, 0.5) is 0 Å². The van der Waals surface area contributed by atoms with Crippen LogP contribution in [0.1, 0.15) is 12.8 Å². The van der Waals surface area contributed by atoms with E-state index in [2.05, 4.69) is 0 Å². The molecule has 3 N–H and O–H groups in total. The highest BCUT2D eigenvalue weighted by atomic mass is 16.5. The fraction of sp³-hybridized carbons (Fsp3) is 0.833. The van der Waals surface area contributed by atoms with Crippen LogP contribution in [0.3, 0.4) is 0 Å². The lowest BCUT2D eigenvalue weighted by Gasteiger charge is -2.12. The zero-order valence-electron chi connectivity index (χ0n) is 5.62. The monoisotopic (exact) mass is 145 g/mol. The molecule has 4 nitrogen and oxygen atoms in total. The van der Waals surface area contributed by atoms with Gasteiger partial charge in [-0.3, -0.25) is 4.79 Å². The molecule has 1 rings (SSSR count). The summed E-state index contributed by atoms with van der Waals surface area (Å²) in [6.45, 7) is 0.620. The molecule has 2 atom stereocenters. The second-order valence-electron chi connectivity index (χ2n) is 2.40. The van der Waals surface area contributed by atoms with Gasteiger partial charge < -0.3 is 15.6 Å². The number of ether oxygens (including phenoxy) is 1. The number of primary amides is 1. The summed E-state index contributed by atoms with van der Waals surface area (Å²) in [7, 11) is 0. The summed E-state index contributed by atoms with van der Waals surface area (Å²) in [4.78, 5) is 10.4. The maximum atomic E-state index is 10.4. The van der Waals surface area contributed by atoms with E-state index >= 15 is 0 Å². The molecule has 0 spiro atoms. The fourth-order valence-corrected chi connectivity index (χ4v) is 1.03. The summed E-state index contributed by atoms with van der Waals surface area (Å²) >= 11 is 0. The van der Waals surface area contributed by atoms with Crippen molar-refractivity contribution in [3.8, 4) is 0 Å². The molecule has 4 heteroatoms. The average molecular weight is 145 g/mol. The minimum absolute atomic E-state index is 0.363. The molecular formula is C6H11NO3. The molecule has 2 unspecified atom stereocenters. The molecule has 1 saturated heterocycles. The molecule has 0 bridgehead atoms. The van der Waals surface area contributed by atoms with E-state index in [1.54, 1.807) is 0 Å². The van der Waals surface area contributed by atoms with E-state index in [0.717, 1.165) is 12.8 Å². The molecule has 0 aromatic heterocycles. The lowest BCUT2D eigenvalue weighted by Crippen LogP contribution is -2.38. The minimum Gasteiger partial charge on any atom is -0.381 e. The minimum atomic E-state index is -1.12. The number of carbonyl (C=O) groups excluding carboxylic acids is 1. The first-order valence-electron chi connectivity index (χ1n) is 3.31. The number of hydrogen-bond donors (Lipinski definition) is 2. The van der Waals surface area contributed by atoms with Gasteiger partial charge in [0.15, 0.2) is 6.10 Å². The van der Waals surface area contributed by atoms with Gasteiger partial charge in [-0.1, -0.05) is 0 Å². The van der Waals surface area contributed by atoms with Crippen LogP contribution in [-0.2, 0) is 9.53 Å². The molecule has 1 aliphatic heterocycles. The molecule has 0 aliphatic carbocycles. The van der Waals surface area contributed by atoms with Crippen LogP contribution in [-0.4, -0.2) is 29.8 Å². The Bertz CT molecular complexity index is 131. The number of carbonyl (C=O) groups is 1. The highest BCUT2D eigenvalue weighted by Crippen LogP contribution is 2.14. The Kier molecular flexibility index (Phi) is 2.24. The fourth-order valence-electron chi connectivity index (χ4n) is 1.03. The van der Waals surface area contributed by atoms with E-state index < -0.39 is 12.0 Å². The van der Waals surface area contributed by atoms with Crippen LogP contribution >= 0.6 is 0 Å². The van der Waals surface area contributed by atoms with Gasteiger partial charge in [0.2, 0.25) is 5.91 Å². The third-order valence-corrected chi connectivity index (χ3v) is 1.61. The van der Waals surface area contributed by atoms with E-state index in [0.29, 0.717) is 6.61 Å². The van der Waals surface area contributed by atoms with E-state index in [1.165, 1.54) is 0 Å². The summed E-state index contributed by atoms with van der Waals surface area (Å²) in [5.74, 6) is -0.702. The smallest absolute Gasteiger partial charge is 0.248 e. The van der Waals surface area contributed by atoms with Crippen molar-refractivity contribution in [2.75, 3.05) is 6.61 Å². The summed E-state index contributed by atoms with van der Waals surface area (Å²) < 4.78 is 5.03. The van der Waals surface area contributed by atoms with Gasteiger partial charge >= 0.3 is 0 Å². The molecule has 0 saturated carbocycles. The van der Waals surface area contributed by atoms with Gasteiger partial charge in [0.25, 0.3) is 0 Å². The standard InChI is InChI=1S/C6H11NO3/c7-6(9)5(8)4-2-1-3-10-4/h4-5,8H,1-3H2,(H2,7,9). The number of rotatable bonds is 2. The quantitative estimate of drug-likeness (QED) is 0.524. The van der Waals surface area contributed by atoms with Gasteiger partial charge in [0.1, 0.15) is 0 Å². The van der Waals surface area contributed by atoms with Crippen LogP contribution < -0.4 is 5.73 Å². The average Bonchev–Trinajstić information content (AvgIpc) is 2.36. The summed E-state index contributed by atoms with van der Waals surface area (Å²) in [5.41, 5.74) is 4.85. The van der Waals surface area contributed by atoms with Crippen molar-refractivity contribution in [2.24, 2.45) is 5.73 Å². The molecule has 1 fully saturated rings. The van der Waals surface area contributed by atoms with Gasteiger partial charge in [-0.05, 0) is 12.8 Å². The second kappa shape index (κ2) is 2.98. The SMILES string of the molecule is NC(=O)C(O)C1CCCO1. The topological polar surface area (TPSA) is 72.6 Å². The van der Waals surface area contributed by atoms with Crippen molar-refractivity contribution in [2.45, 2.75) is 25.0 Å². The van der Waals surface area contributed by atoms with E-state index in [-0.39, 0.29) is 6.10 Å². The number of aliphatic hydroxyl groups is 1. The Labute approximate surface area is 59.0 Å². The molecule has 0 radical (unpaired) electrons. The molecule has 10 heavy (non-hydrogen) atoms. The number of nitrogens with two attached hydrogens (primary N) is 1. The lowest BCUT2D eigenvalue weighted by molar-refractivity contribution is -0.132. The van der Waals surface area contributed by atoms with Crippen molar-refractivity contribution in [3.05, 3.63) is 0 Å². The maximum Gasteiger partial charge on any atom is 0.248 e. The lowest BCUT2D eigenvalue weighted by atomic mass is 10.1. The first-order valence-corrected chi connectivity index (χ1v) is 3.31. The molecule has 1 heterocycles.